The SMILES string of the molecule is COc1c(Cl)cccc1C1(CBr)CC1. The van der Waals surface area contributed by atoms with Crippen LogP contribution in [0.3, 0.4) is 0 Å². The molecule has 1 aromatic carbocycles. The van der Waals surface area contributed by atoms with Crippen molar-refractivity contribution in [1.82, 2.24) is 0 Å². The van der Waals surface area contributed by atoms with Crippen LogP contribution in [0.15, 0.2) is 18.2 Å². The third-order valence-corrected chi connectivity index (χ3v) is 4.22. The van der Waals surface area contributed by atoms with Gasteiger partial charge in [-0.3, -0.25) is 0 Å². The summed E-state index contributed by atoms with van der Waals surface area (Å²) in [5.41, 5.74) is 1.51. The van der Waals surface area contributed by atoms with E-state index in [1.54, 1.807) is 7.11 Å². The van der Waals surface area contributed by atoms with E-state index in [1.807, 2.05) is 12.1 Å². The zero-order chi connectivity index (χ0) is 10.2. The molecule has 1 aliphatic carbocycles. The molecule has 1 aromatic rings. The van der Waals surface area contributed by atoms with Gasteiger partial charge in [0.2, 0.25) is 0 Å². The Hall–Kier alpha value is -0.210. The van der Waals surface area contributed by atoms with Crippen LogP contribution >= 0.6 is 27.5 Å². The van der Waals surface area contributed by atoms with E-state index in [-0.39, 0.29) is 5.41 Å². The van der Waals surface area contributed by atoms with Crippen molar-refractivity contribution in [2.75, 3.05) is 12.4 Å². The van der Waals surface area contributed by atoms with Crippen LogP contribution in [0.4, 0.5) is 0 Å². The third-order valence-electron chi connectivity index (χ3n) is 2.85. The van der Waals surface area contributed by atoms with E-state index in [4.69, 9.17) is 16.3 Å². The van der Waals surface area contributed by atoms with Gasteiger partial charge in [-0.25, -0.2) is 0 Å². The van der Waals surface area contributed by atoms with Crippen molar-refractivity contribution >= 4 is 27.5 Å². The topological polar surface area (TPSA) is 9.23 Å². The first-order valence-electron chi connectivity index (χ1n) is 4.62. The van der Waals surface area contributed by atoms with Crippen LogP contribution in [0.5, 0.6) is 5.75 Å². The largest absolute Gasteiger partial charge is 0.495 e. The van der Waals surface area contributed by atoms with E-state index in [9.17, 15) is 0 Å². The lowest BCUT2D eigenvalue weighted by molar-refractivity contribution is 0.406. The molecule has 0 atom stereocenters. The predicted octanol–water partition coefficient (Wildman–Crippen LogP) is 3.78. The number of alkyl halides is 1. The Balaban J connectivity index is 2.47. The van der Waals surface area contributed by atoms with Gasteiger partial charge in [0.05, 0.1) is 12.1 Å². The summed E-state index contributed by atoms with van der Waals surface area (Å²) in [6.07, 6.45) is 2.43. The second-order valence-electron chi connectivity index (χ2n) is 3.73. The molecular weight excluding hydrogens is 263 g/mol. The van der Waals surface area contributed by atoms with E-state index in [2.05, 4.69) is 22.0 Å². The molecule has 0 N–H and O–H groups in total. The summed E-state index contributed by atoms with van der Waals surface area (Å²) in [4.78, 5) is 0. The number of para-hydroxylation sites is 1. The highest BCUT2D eigenvalue weighted by atomic mass is 79.9. The van der Waals surface area contributed by atoms with E-state index in [0.717, 1.165) is 11.1 Å². The summed E-state index contributed by atoms with van der Waals surface area (Å²) >= 11 is 9.64. The van der Waals surface area contributed by atoms with E-state index in [1.165, 1.54) is 18.4 Å². The lowest BCUT2D eigenvalue weighted by Gasteiger charge is -2.16. The number of benzene rings is 1. The van der Waals surface area contributed by atoms with Gasteiger partial charge in [0.1, 0.15) is 5.75 Å². The Labute approximate surface area is 97.5 Å². The van der Waals surface area contributed by atoms with Crippen molar-refractivity contribution in [2.24, 2.45) is 0 Å². The minimum absolute atomic E-state index is 0.274. The lowest BCUT2D eigenvalue weighted by atomic mass is 9.97. The van der Waals surface area contributed by atoms with Crippen LogP contribution in [0.25, 0.3) is 0 Å². The van der Waals surface area contributed by atoms with Crippen molar-refractivity contribution in [3.8, 4) is 5.75 Å². The summed E-state index contributed by atoms with van der Waals surface area (Å²) in [5.74, 6) is 0.839. The molecule has 0 amide bonds. The molecule has 0 heterocycles. The molecular formula is C11H12BrClO. The number of methoxy groups -OCH3 is 1. The van der Waals surface area contributed by atoms with Crippen LogP contribution < -0.4 is 4.74 Å². The summed E-state index contributed by atoms with van der Waals surface area (Å²) in [7, 11) is 1.68. The first-order valence-corrected chi connectivity index (χ1v) is 6.12. The number of hydrogen-bond acceptors (Lipinski definition) is 1. The standard InChI is InChI=1S/C11H12BrClO/c1-14-10-8(3-2-4-9(10)13)11(7-12)5-6-11/h2-4H,5-7H2,1H3. The highest BCUT2D eigenvalue weighted by Crippen LogP contribution is 2.53. The summed E-state index contributed by atoms with van der Waals surface area (Å²) in [6, 6.07) is 5.97. The monoisotopic (exact) mass is 274 g/mol. The van der Waals surface area contributed by atoms with Crippen LogP contribution in [-0.4, -0.2) is 12.4 Å². The van der Waals surface area contributed by atoms with Gasteiger partial charge < -0.3 is 4.74 Å². The smallest absolute Gasteiger partial charge is 0.141 e. The zero-order valence-electron chi connectivity index (χ0n) is 8.02. The minimum Gasteiger partial charge on any atom is -0.495 e. The molecule has 14 heavy (non-hydrogen) atoms. The average molecular weight is 276 g/mol. The molecule has 1 fully saturated rings. The van der Waals surface area contributed by atoms with E-state index >= 15 is 0 Å². The Kier molecular flexibility index (Phi) is 2.76. The number of rotatable bonds is 3. The molecule has 0 saturated heterocycles. The molecule has 0 radical (unpaired) electrons. The van der Waals surface area contributed by atoms with Crippen LogP contribution in [0.1, 0.15) is 18.4 Å². The maximum Gasteiger partial charge on any atom is 0.141 e. The fourth-order valence-corrected chi connectivity index (χ4v) is 2.87. The Morgan fingerprint density at radius 1 is 1.50 bits per heavy atom. The lowest BCUT2D eigenvalue weighted by Crippen LogP contribution is -2.09. The molecule has 1 aliphatic rings. The van der Waals surface area contributed by atoms with Gasteiger partial charge in [-0.2, -0.15) is 0 Å². The molecule has 0 unspecified atom stereocenters. The van der Waals surface area contributed by atoms with E-state index in [0.29, 0.717) is 5.02 Å². The maximum absolute atomic E-state index is 6.08. The quantitative estimate of drug-likeness (QED) is 0.763. The highest BCUT2D eigenvalue weighted by Gasteiger charge is 2.45. The van der Waals surface area contributed by atoms with Gasteiger partial charge in [-0.1, -0.05) is 39.7 Å². The first kappa shape index (κ1) is 10.3. The van der Waals surface area contributed by atoms with Crippen LogP contribution in [0.2, 0.25) is 5.02 Å². The fraction of sp³-hybridized carbons (Fsp3) is 0.455. The fourth-order valence-electron chi connectivity index (χ4n) is 1.76. The van der Waals surface area contributed by atoms with Crippen molar-refractivity contribution < 1.29 is 4.74 Å². The van der Waals surface area contributed by atoms with Gasteiger partial charge in [-0.05, 0) is 18.9 Å². The number of halogens is 2. The van der Waals surface area contributed by atoms with E-state index < -0.39 is 0 Å². The second-order valence-corrected chi connectivity index (χ2v) is 4.70. The maximum atomic E-state index is 6.08. The summed E-state index contributed by atoms with van der Waals surface area (Å²) in [6.45, 7) is 0. The van der Waals surface area contributed by atoms with Crippen molar-refractivity contribution in [3.63, 3.8) is 0 Å². The van der Waals surface area contributed by atoms with Gasteiger partial charge in [0.15, 0.2) is 0 Å². The molecule has 0 spiro atoms. The zero-order valence-corrected chi connectivity index (χ0v) is 10.4. The first-order chi connectivity index (χ1) is 6.73. The Bertz CT molecular complexity index is 347. The number of ether oxygens (including phenoxy) is 1. The van der Waals surface area contributed by atoms with Crippen LogP contribution in [0, 0.1) is 0 Å². The molecule has 1 saturated carbocycles. The van der Waals surface area contributed by atoms with Gasteiger partial charge in [0.25, 0.3) is 0 Å². The van der Waals surface area contributed by atoms with Gasteiger partial charge >= 0.3 is 0 Å². The molecule has 3 heteroatoms. The number of hydrogen-bond donors (Lipinski definition) is 0. The molecule has 0 bridgehead atoms. The summed E-state index contributed by atoms with van der Waals surface area (Å²) < 4.78 is 5.35. The third kappa shape index (κ3) is 1.55. The second kappa shape index (κ2) is 3.74. The molecule has 0 aromatic heterocycles. The normalized spacial score (nSPS) is 17.9. The van der Waals surface area contributed by atoms with Crippen molar-refractivity contribution in [3.05, 3.63) is 28.8 Å². The van der Waals surface area contributed by atoms with Gasteiger partial charge in [-0.15, -0.1) is 0 Å². The van der Waals surface area contributed by atoms with Gasteiger partial charge in [0, 0.05) is 16.3 Å². The van der Waals surface area contributed by atoms with Crippen LogP contribution in [-0.2, 0) is 5.41 Å². The molecule has 2 rings (SSSR count). The predicted molar refractivity (Wildman–Crippen MR) is 62.7 cm³/mol. The summed E-state index contributed by atoms with van der Waals surface area (Å²) in [5, 5.41) is 1.69. The molecule has 76 valence electrons. The average Bonchev–Trinajstić information content (AvgIpc) is 2.98. The molecule has 1 nitrogen and oxygen atoms in total. The highest BCUT2D eigenvalue weighted by molar-refractivity contribution is 9.09. The Morgan fingerprint density at radius 2 is 2.21 bits per heavy atom. The van der Waals surface area contributed by atoms with Crippen molar-refractivity contribution in [1.29, 1.82) is 0 Å². The minimum atomic E-state index is 0.274. The van der Waals surface area contributed by atoms with Crippen molar-refractivity contribution in [2.45, 2.75) is 18.3 Å². The Morgan fingerprint density at radius 3 is 2.71 bits per heavy atom. The molecule has 0 aliphatic heterocycles.